The molecule has 2 aromatic heterocycles. The Morgan fingerprint density at radius 1 is 0.857 bits per heavy atom. The van der Waals surface area contributed by atoms with Crippen molar-refractivity contribution < 1.29 is 56.1 Å². The Morgan fingerprint density at radius 3 is 2.46 bits per heavy atom. The highest BCUT2D eigenvalue weighted by Crippen LogP contribution is 2.37. The van der Waals surface area contributed by atoms with Crippen molar-refractivity contribution in [3.8, 4) is 28.4 Å². The molecule has 5 aromatic rings. The van der Waals surface area contributed by atoms with E-state index in [1.807, 2.05) is 6.20 Å². The molecule has 3 aliphatic rings. The molecular weight excluding hydrogens is 828 g/mol. The number of ether oxygens (including phenoxy) is 4. The Kier molecular flexibility index (Phi) is 12.2. The molecule has 0 aliphatic carbocycles. The number of nitrogens with one attached hydrogen (secondary N) is 1. The number of pyridine rings is 1. The number of halogens is 3. The first kappa shape index (κ1) is 42.6. The van der Waals surface area contributed by atoms with Crippen molar-refractivity contribution in [3.05, 3.63) is 113 Å². The van der Waals surface area contributed by atoms with Gasteiger partial charge in [-0.05, 0) is 66.4 Å². The Bertz CT molecular complexity index is 2600. The smallest absolute Gasteiger partial charge is 0.416 e. The van der Waals surface area contributed by atoms with Crippen molar-refractivity contribution in [2.45, 2.75) is 44.4 Å². The van der Waals surface area contributed by atoms with Gasteiger partial charge in [-0.25, -0.2) is 4.98 Å². The van der Waals surface area contributed by atoms with Gasteiger partial charge in [-0.15, -0.1) is 0 Å². The normalized spacial score (nSPS) is 16.0. The Hall–Kier alpha value is -7.12. The highest BCUT2D eigenvalue weighted by molar-refractivity contribution is 6.24. The predicted molar refractivity (Wildman–Crippen MR) is 218 cm³/mol. The Morgan fingerprint density at radius 2 is 1.65 bits per heavy atom. The van der Waals surface area contributed by atoms with Gasteiger partial charge in [0.25, 0.3) is 11.8 Å². The van der Waals surface area contributed by atoms with Gasteiger partial charge in [0, 0.05) is 42.2 Å². The number of nitrogens with zero attached hydrogens (tertiary/aromatic N) is 5. The molecule has 0 spiro atoms. The molecular formula is C44H40F3N7O9. The lowest BCUT2D eigenvalue weighted by molar-refractivity contribution is -0.138. The van der Waals surface area contributed by atoms with Crippen LogP contribution in [0.15, 0.2) is 85.3 Å². The number of hydrogen-bond acceptors (Lipinski definition) is 12. The number of fused-ring (bicyclic) bond motifs is 2. The van der Waals surface area contributed by atoms with E-state index >= 15 is 0 Å². The molecule has 1 unspecified atom stereocenters. The SMILES string of the molecule is Nc1ncc(-c2cnn(CCOCCOCCOc3cccc4c3C(=O)N(C3CCC(=O)NC3=O)C4=O)c2)cc1Oc1ccc2c(c1)CCN2C(=O)Cc1cccc(C(F)(F)F)c1. The minimum atomic E-state index is -4.49. The van der Waals surface area contributed by atoms with Gasteiger partial charge in [0.15, 0.2) is 11.6 Å². The molecule has 0 bridgehead atoms. The van der Waals surface area contributed by atoms with Crippen LogP contribution in [0, 0.1) is 0 Å². The summed E-state index contributed by atoms with van der Waals surface area (Å²) in [7, 11) is 0. The van der Waals surface area contributed by atoms with Crippen molar-refractivity contribution in [1.82, 2.24) is 25.0 Å². The first-order chi connectivity index (χ1) is 30.3. The monoisotopic (exact) mass is 867 g/mol. The summed E-state index contributed by atoms with van der Waals surface area (Å²) in [4.78, 5) is 70.1. The van der Waals surface area contributed by atoms with Gasteiger partial charge in [-0.3, -0.25) is 38.9 Å². The number of amides is 5. The van der Waals surface area contributed by atoms with Crippen LogP contribution in [0.4, 0.5) is 24.7 Å². The van der Waals surface area contributed by atoms with Crippen LogP contribution in [-0.4, -0.2) is 94.8 Å². The number of piperidine rings is 1. The predicted octanol–water partition coefficient (Wildman–Crippen LogP) is 4.98. The standard InChI is InChI=1S/C44H40F3N7O9/c45-44(46,47)30-4-1-3-26(19-30)20-38(56)53-12-11-27-21-31(7-8-33(27)53)63-36-22-28(23-49-40(36)48)29-24-50-52(25-29)13-14-60-15-16-61-17-18-62-35-6-2-5-32-39(35)43(59)54(42(32)58)34-9-10-37(55)51-41(34)57/h1-8,19,21-25,34H,9-18,20H2,(H2,48,49)(H,51,55,57). The average Bonchev–Trinajstić information content (AvgIpc) is 3.97. The van der Waals surface area contributed by atoms with Crippen LogP contribution in [0.25, 0.3) is 11.1 Å². The lowest BCUT2D eigenvalue weighted by atomic mass is 10.0. The van der Waals surface area contributed by atoms with Crippen LogP contribution >= 0.6 is 0 Å². The van der Waals surface area contributed by atoms with Gasteiger partial charge in [-0.1, -0.05) is 24.3 Å². The summed E-state index contributed by atoms with van der Waals surface area (Å²) in [5, 5.41) is 6.59. The van der Waals surface area contributed by atoms with Crippen LogP contribution in [0.5, 0.6) is 17.2 Å². The molecule has 16 nitrogen and oxygen atoms in total. The van der Waals surface area contributed by atoms with Crippen molar-refractivity contribution in [2.75, 3.05) is 50.2 Å². The molecule has 3 aliphatic heterocycles. The fraction of sp³-hybridized carbons (Fsp3) is 0.295. The minimum absolute atomic E-state index is 0.0253. The third-order valence-electron chi connectivity index (χ3n) is 10.7. The lowest BCUT2D eigenvalue weighted by Crippen LogP contribution is -2.54. The molecule has 19 heteroatoms. The average molecular weight is 868 g/mol. The molecule has 326 valence electrons. The molecule has 0 radical (unpaired) electrons. The van der Waals surface area contributed by atoms with Gasteiger partial charge in [0.2, 0.25) is 17.7 Å². The number of aromatic nitrogens is 3. The van der Waals surface area contributed by atoms with Crippen LogP contribution in [-0.2, 0) is 49.4 Å². The molecule has 1 atom stereocenters. The number of carbonyl (C=O) groups excluding carboxylic acids is 5. The Balaban J connectivity index is 0.766. The minimum Gasteiger partial charge on any atom is -0.490 e. The third-order valence-corrected chi connectivity index (χ3v) is 10.7. The van der Waals surface area contributed by atoms with E-state index in [1.165, 1.54) is 18.2 Å². The number of imide groups is 2. The topological polar surface area (TPSA) is 198 Å². The molecule has 1 fully saturated rings. The summed E-state index contributed by atoms with van der Waals surface area (Å²) in [6.07, 6.45) is 1.08. The fourth-order valence-corrected chi connectivity index (χ4v) is 7.58. The second kappa shape index (κ2) is 18.1. The summed E-state index contributed by atoms with van der Waals surface area (Å²) in [5.41, 5.74) is 8.85. The third kappa shape index (κ3) is 9.38. The van der Waals surface area contributed by atoms with E-state index in [4.69, 9.17) is 24.7 Å². The molecule has 8 rings (SSSR count). The largest absolute Gasteiger partial charge is 0.490 e. The summed E-state index contributed by atoms with van der Waals surface area (Å²) >= 11 is 0. The van der Waals surface area contributed by atoms with E-state index < -0.39 is 41.4 Å². The Labute approximate surface area is 357 Å². The summed E-state index contributed by atoms with van der Waals surface area (Å²) in [6.45, 7) is 2.01. The number of rotatable bonds is 16. The number of nitrogen functional groups attached to an aromatic ring is 1. The van der Waals surface area contributed by atoms with E-state index in [0.717, 1.165) is 28.2 Å². The number of anilines is 2. The first-order valence-corrected chi connectivity index (χ1v) is 20.0. The molecule has 1 saturated heterocycles. The van der Waals surface area contributed by atoms with Crippen molar-refractivity contribution in [1.29, 1.82) is 0 Å². The van der Waals surface area contributed by atoms with Gasteiger partial charge in [0.05, 0.1) is 62.3 Å². The second-order valence-electron chi connectivity index (χ2n) is 14.9. The van der Waals surface area contributed by atoms with Crippen LogP contribution in [0.2, 0.25) is 0 Å². The van der Waals surface area contributed by atoms with Gasteiger partial charge < -0.3 is 29.6 Å². The molecule has 5 heterocycles. The number of carbonyl (C=O) groups is 5. The maximum atomic E-state index is 13.2. The number of nitrogens with two attached hydrogens (primary N) is 1. The maximum Gasteiger partial charge on any atom is 0.416 e. The van der Waals surface area contributed by atoms with Crippen molar-refractivity contribution in [2.24, 2.45) is 0 Å². The van der Waals surface area contributed by atoms with Crippen molar-refractivity contribution >= 4 is 41.0 Å². The zero-order chi connectivity index (χ0) is 44.3. The van der Waals surface area contributed by atoms with Gasteiger partial charge in [-0.2, -0.15) is 18.3 Å². The molecule has 63 heavy (non-hydrogen) atoms. The molecule has 5 amide bonds. The number of hydrogen-bond donors (Lipinski definition) is 2. The van der Waals surface area contributed by atoms with E-state index in [-0.39, 0.29) is 73.2 Å². The summed E-state index contributed by atoms with van der Waals surface area (Å²) in [5.74, 6) is -1.55. The van der Waals surface area contributed by atoms with Gasteiger partial charge >= 0.3 is 6.18 Å². The number of alkyl halides is 3. The second-order valence-corrected chi connectivity index (χ2v) is 14.9. The highest BCUT2D eigenvalue weighted by atomic mass is 19.4. The highest BCUT2D eigenvalue weighted by Gasteiger charge is 2.46. The molecule has 3 N–H and O–H groups in total. The van der Waals surface area contributed by atoms with Crippen LogP contribution in [0.3, 0.4) is 0 Å². The fourth-order valence-electron chi connectivity index (χ4n) is 7.58. The van der Waals surface area contributed by atoms with E-state index in [0.29, 0.717) is 55.5 Å². The van der Waals surface area contributed by atoms with Gasteiger partial charge in [0.1, 0.15) is 24.1 Å². The molecule has 0 saturated carbocycles. The van der Waals surface area contributed by atoms with Crippen molar-refractivity contribution in [3.63, 3.8) is 0 Å². The molecule has 3 aromatic carbocycles. The van der Waals surface area contributed by atoms with Crippen LogP contribution < -0.4 is 25.4 Å². The first-order valence-electron chi connectivity index (χ1n) is 20.0. The van der Waals surface area contributed by atoms with E-state index in [2.05, 4.69) is 15.4 Å². The summed E-state index contributed by atoms with van der Waals surface area (Å²) < 4.78 is 64.5. The maximum absolute atomic E-state index is 13.2. The quantitative estimate of drug-likeness (QED) is 0.0998. The zero-order valence-corrected chi connectivity index (χ0v) is 33.6. The lowest BCUT2D eigenvalue weighted by Gasteiger charge is -2.27. The van der Waals surface area contributed by atoms with E-state index in [9.17, 15) is 37.1 Å². The number of benzene rings is 3. The summed E-state index contributed by atoms with van der Waals surface area (Å²) in [6, 6.07) is 15.4. The zero-order valence-electron chi connectivity index (χ0n) is 33.6. The van der Waals surface area contributed by atoms with Crippen LogP contribution in [0.1, 0.15) is 50.2 Å². The van der Waals surface area contributed by atoms with E-state index in [1.54, 1.807) is 58.4 Å².